The van der Waals surface area contributed by atoms with E-state index in [1.165, 1.54) is 6.33 Å². The maximum absolute atomic E-state index is 13.3. The number of benzene rings is 3. The number of hydrogen-bond acceptors (Lipinski definition) is 5. The largest absolute Gasteiger partial charge is 0.465 e. The van der Waals surface area contributed by atoms with Gasteiger partial charge in [-0.2, -0.15) is 10.1 Å². The number of aromatic nitrogens is 5. The maximum Gasteiger partial charge on any atom is 0.297 e. The van der Waals surface area contributed by atoms with Crippen molar-refractivity contribution < 1.29 is 9.53 Å². The van der Waals surface area contributed by atoms with Gasteiger partial charge in [0, 0.05) is 16.5 Å². The molecular formula is C29H29N5O2. The number of carbonyl (C=O) groups is 1. The van der Waals surface area contributed by atoms with Crippen LogP contribution in [0.15, 0.2) is 73.1 Å². The fourth-order valence-electron chi connectivity index (χ4n) is 4.39. The van der Waals surface area contributed by atoms with E-state index in [9.17, 15) is 4.79 Å². The summed E-state index contributed by atoms with van der Waals surface area (Å²) in [6.07, 6.45) is 1.51. The lowest BCUT2D eigenvalue weighted by Gasteiger charge is -2.18. The summed E-state index contributed by atoms with van der Waals surface area (Å²) in [6.45, 7) is 8.77. The fourth-order valence-corrected chi connectivity index (χ4v) is 4.39. The van der Waals surface area contributed by atoms with Crippen molar-refractivity contribution in [3.8, 4) is 28.5 Å². The first-order valence-corrected chi connectivity index (χ1v) is 12.1. The fraction of sp³-hybridized carbons (Fsp3) is 0.241. The number of hydrogen-bond donors (Lipinski definition) is 1. The van der Waals surface area contributed by atoms with Crippen molar-refractivity contribution in [2.24, 2.45) is 5.41 Å². The van der Waals surface area contributed by atoms with Gasteiger partial charge in [-0.3, -0.25) is 14.5 Å². The molecule has 0 aliphatic heterocycles. The number of aromatic amines is 1. The predicted octanol–water partition coefficient (Wildman–Crippen LogP) is 6.16. The van der Waals surface area contributed by atoms with Gasteiger partial charge in [0.1, 0.15) is 6.33 Å². The molecule has 5 aromatic rings. The Balaban J connectivity index is 1.54. The van der Waals surface area contributed by atoms with Crippen LogP contribution in [0.3, 0.4) is 0 Å². The molecular weight excluding hydrogens is 450 g/mol. The summed E-state index contributed by atoms with van der Waals surface area (Å²) in [5.74, 6) is 0.814. The van der Waals surface area contributed by atoms with Crippen molar-refractivity contribution in [3.63, 3.8) is 0 Å². The molecule has 3 aromatic carbocycles. The van der Waals surface area contributed by atoms with E-state index < -0.39 is 5.41 Å². The zero-order chi connectivity index (χ0) is 25.3. The topological polar surface area (TPSA) is 85.7 Å². The Morgan fingerprint density at radius 1 is 0.972 bits per heavy atom. The molecule has 1 N–H and O–H groups in total. The highest BCUT2D eigenvalue weighted by Crippen LogP contribution is 2.32. The number of nitrogens with zero attached hydrogens (tertiary/aromatic N) is 4. The van der Waals surface area contributed by atoms with Gasteiger partial charge < -0.3 is 4.74 Å². The third-order valence-electron chi connectivity index (χ3n) is 6.13. The van der Waals surface area contributed by atoms with Crippen molar-refractivity contribution >= 4 is 16.8 Å². The van der Waals surface area contributed by atoms with Crippen LogP contribution < -0.4 is 4.74 Å². The summed E-state index contributed by atoms with van der Waals surface area (Å²) in [6, 6.07) is 22.7. The molecule has 0 aliphatic carbocycles. The second-order valence-corrected chi connectivity index (χ2v) is 9.74. The molecule has 0 aliphatic rings. The molecule has 0 spiro atoms. The van der Waals surface area contributed by atoms with Crippen molar-refractivity contribution in [3.05, 3.63) is 84.2 Å². The average Bonchev–Trinajstić information content (AvgIpc) is 3.53. The van der Waals surface area contributed by atoms with E-state index in [-0.39, 0.29) is 5.78 Å². The summed E-state index contributed by atoms with van der Waals surface area (Å²) in [4.78, 5) is 22.3. The summed E-state index contributed by atoms with van der Waals surface area (Å²) < 4.78 is 7.90. The summed E-state index contributed by atoms with van der Waals surface area (Å²) in [7, 11) is 0. The number of imidazole rings is 1. The third-order valence-corrected chi connectivity index (χ3v) is 6.13. The molecule has 0 saturated carbocycles. The number of ether oxygens (including phenoxy) is 1. The Bertz CT molecular complexity index is 1510. The Labute approximate surface area is 210 Å². The van der Waals surface area contributed by atoms with Crippen LogP contribution in [0.5, 0.6) is 6.01 Å². The number of nitrogens with one attached hydrogen (secondary N) is 1. The van der Waals surface area contributed by atoms with Crippen molar-refractivity contribution in [1.82, 2.24) is 24.7 Å². The average molecular weight is 480 g/mol. The first kappa shape index (κ1) is 23.5. The van der Waals surface area contributed by atoms with Gasteiger partial charge in [0.15, 0.2) is 11.6 Å². The molecule has 2 heterocycles. The highest BCUT2D eigenvalue weighted by Gasteiger charge is 2.27. The van der Waals surface area contributed by atoms with Gasteiger partial charge in [-0.25, -0.2) is 4.98 Å². The molecule has 0 bridgehead atoms. The van der Waals surface area contributed by atoms with Gasteiger partial charge in [-0.15, -0.1) is 0 Å². The molecule has 0 saturated heterocycles. The number of Topliss-reactive ketones (excluding diaryl/α,β-unsaturated/α-hetero) is 1. The lowest BCUT2D eigenvalue weighted by atomic mass is 9.86. The minimum absolute atomic E-state index is 0.0802. The minimum Gasteiger partial charge on any atom is -0.465 e. The van der Waals surface area contributed by atoms with E-state index >= 15 is 0 Å². The minimum atomic E-state index is -0.506. The third kappa shape index (κ3) is 4.40. The van der Waals surface area contributed by atoms with Gasteiger partial charge in [-0.05, 0) is 35.7 Å². The first-order chi connectivity index (χ1) is 17.4. The SMILES string of the molecule is CCOc1nc2cccc(C(=O)C(C)(C)C)c2n1Cc1ccc(-c2ccccc2-c2ncn[nH]2)cc1. The number of fused-ring (bicyclic) bond motifs is 1. The van der Waals surface area contributed by atoms with Crippen LogP contribution in [-0.2, 0) is 6.54 Å². The van der Waals surface area contributed by atoms with Crippen molar-refractivity contribution in [1.29, 1.82) is 0 Å². The Hall–Kier alpha value is -4.26. The van der Waals surface area contributed by atoms with Crippen LogP contribution in [0, 0.1) is 5.41 Å². The van der Waals surface area contributed by atoms with E-state index in [0.717, 1.165) is 39.1 Å². The molecule has 0 unspecified atom stereocenters. The van der Waals surface area contributed by atoms with Crippen molar-refractivity contribution in [2.75, 3.05) is 6.61 Å². The Morgan fingerprint density at radius 2 is 1.72 bits per heavy atom. The van der Waals surface area contributed by atoms with Crippen LogP contribution in [-0.4, -0.2) is 37.1 Å². The standard InChI is InChI=1S/C29H29N5O2/c1-5-36-28-32-24-12-8-11-23(26(35)29(2,3)4)25(24)34(28)17-19-13-15-20(16-14-19)21-9-6-7-10-22(21)27-30-18-31-33-27/h6-16,18H,5,17H2,1-4H3,(H,30,31,33). The van der Waals surface area contributed by atoms with Crippen LogP contribution >= 0.6 is 0 Å². The van der Waals surface area contributed by atoms with Gasteiger partial charge in [0.25, 0.3) is 6.01 Å². The van der Waals surface area contributed by atoms with Crippen LogP contribution in [0.4, 0.5) is 0 Å². The summed E-state index contributed by atoms with van der Waals surface area (Å²) in [5.41, 5.74) is 5.94. The highest BCUT2D eigenvalue weighted by atomic mass is 16.5. The van der Waals surface area contributed by atoms with E-state index in [2.05, 4.69) is 45.5 Å². The quantitative estimate of drug-likeness (QED) is 0.282. The Kier molecular flexibility index (Phi) is 6.14. The first-order valence-electron chi connectivity index (χ1n) is 12.1. The highest BCUT2D eigenvalue weighted by molar-refractivity contribution is 6.09. The van der Waals surface area contributed by atoms with Gasteiger partial charge >= 0.3 is 0 Å². The number of ketones is 1. The molecule has 0 radical (unpaired) electrons. The zero-order valence-corrected chi connectivity index (χ0v) is 20.9. The van der Waals surface area contributed by atoms with Gasteiger partial charge in [0.2, 0.25) is 0 Å². The van der Waals surface area contributed by atoms with Gasteiger partial charge in [-0.1, -0.05) is 75.4 Å². The molecule has 7 nitrogen and oxygen atoms in total. The molecule has 0 fully saturated rings. The van der Waals surface area contributed by atoms with E-state index in [4.69, 9.17) is 9.72 Å². The molecule has 0 amide bonds. The molecule has 36 heavy (non-hydrogen) atoms. The number of para-hydroxylation sites is 1. The van der Waals surface area contributed by atoms with E-state index in [1.807, 2.05) is 68.7 Å². The monoisotopic (exact) mass is 479 g/mol. The molecule has 5 rings (SSSR count). The second kappa shape index (κ2) is 9.41. The molecule has 2 aromatic heterocycles. The van der Waals surface area contributed by atoms with E-state index in [0.29, 0.717) is 24.7 Å². The summed E-state index contributed by atoms with van der Waals surface area (Å²) >= 11 is 0. The van der Waals surface area contributed by atoms with Gasteiger partial charge in [0.05, 0.1) is 24.2 Å². The van der Waals surface area contributed by atoms with Crippen molar-refractivity contribution in [2.45, 2.75) is 34.2 Å². The molecule has 0 atom stereocenters. The summed E-state index contributed by atoms with van der Waals surface area (Å²) in [5, 5.41) is 6.94. The smallest absolute Gasteiger partial charge is 0.297 e. The zero-order valence-electron chi connectivity index (χ0n) is 20.9. The lowest BCUT2D eigenvalue weighted by molar-refractivity contribution is 0.0859. The lowest BCUT2D eigenvalue weighted by Crippen LogP contribution is -2.21. The molecule has 182 valence electrons. The van der Waals surface area contributed by atoms with Crippen LogP contribution in [0.2, 0.25) is 0 Å². The molecule has 7 heteroatoms. The van der Waals surface area contributed by atoms with Crippen LogP contribution in [0.1, 0.15) is 43.6 Å². The van der Waals surface area contributed by atoms with E-state index in [1.54, 1.807) is 0 Å². The van der Waals surface area contributed by atoms with Crippen LogP contribution in [0.25, 0.3) is 33.5 Å². The number of H-pyrrole nitrogens is 1. The number of rotatable bonds is 7. The predicted molar refractivity (Wildman–Crippen MR) is 141 cm³/mol. The maximum atomic E-state index is 13.3. The normalized spacial score (nSPS) is 11.7. The Morgan fingerprint density at radius 3 is 2.39 bits per heavy atom. The second-order valence-electron chi connectivity index (χ2n) is 9.74. The number of carbonyl (C=O) groups excluding carboxylic acids is 1.